The van der Waals surface area contributed by atoms with E-state index in [-0.39, 0.29) is 30.5 Å². The van der Waals surface area contributed by atoms with Crippen molar-refractivity contribution >= 4 is 39.8 Å². The summed E-state index contributed by atoms with van der Waals surface area (Å²) in [5, 5.41) is 6.34. The molecule has 6 nitrogen and oxygen atoms in total. The van der Waals surface area contributed by atoms with Crippen LogP contribution in [0.5, 0.6) is 0 Å². The largest absolute Gasteiger partial charge is 0.381 e. The number of nitrogens with zero attached hydrogens (tertiary/aromatic N) is 1. The van der Waals surface area contributed by atoms with Gasteiger partial charge in [0.2, 0.25) is 0 Å². The van der Waals surface area contributed by atoms with Crippen molar-refractivity contribution in [3.63, 3.8) is 0 Å². The standard InChI is InChI=1S/C15H31N3O3S.HI/c1-5-16-14(18-12-15(2,3)22(4,19)20)17-9-6-10-21-11-13-7-8-13;/h13H,5-12H2,1-4H3,(H2,16,17,18);1H. The van der Waals surface area contributed by atoms with Crippen molar-refractivity contribution < 1.29 is 13.2 Å². The maximum atomic E-state index is 11.7. The molecular weight excluding hydrogens is 429 g/mol. The smallest absolute Gasteiger partial charge is 0.191 e. The van der Waals surface area contributed by atoms with Gasteiger partial charge in [0, 0.05) is 32.6 Å². The highest BCUT2D eigenvalue weighted by Gasteiger charge is 2.29. The van der Waals surface area contributed by atoms with Crippen LogP contribution in [-0.4, -0.2) is 58.2 Å². The van der Waals surface area contributed by atoms with Gasteiger partial charge in [0.25, 0.3) is 0 Å². The van der Waals surface area contributed by atoms with Gasteiger partial charge >= 0.3 is 0 Å². The Labute approximate surface area is 158 Å². The first kappa shape index (κ1) is 22.9. The Hall–Kier alpha value is -0.0900. The minimum atomic E-state index is -3.13. The fraction of sp³-hybridized carbons (Fsp3) is 0.933. The number of sulfone groups is 1. The molecule has 0 atom stereocenters. The minimum Gasteiger partial charge on any atom is -0.381 e. The zero-order chi connectivity index (χ0) is 16.6. The molecule has 8 heteroatoms. The van der Waals surface area contributed by atoms with E-state index in [1.54, 1.807) is 13.8 Å². The Bertz CT molecular complexity index is 463. The average molecular weight is 461 g/mol. The second-order valence-corrected chi connectivity index (χ2v) is 9.18. The van der Waals surface area contributed by atoms with Gasteiger partial charge in [-0.2, -0.15) is 0 Å². The van der Waals surface area contributed by atoms with Crippen LogP contribution < -0.4 is 10.6 Å². The first-order chi connectivity index (χ1) is 10.3. The molecule has 0 aromatic carbocycles. The van der Waals surface area contributed by atoms with E-state index in [0.29, 0.717) is 5.96 Å². The highest BCUT2D eigenvalue weighted by Crippen LogP contribution is 2.28. The molecule has 1 aliphatic carbocycles. The lowest BCUT2D eigenvalue weighted by Gasteiger charge is -2.21. The topological polar surface area (TPSA) is 79.8 Å². The molecule has 1 rings (SSSR count). The fourth-order valence-electron chi connectivity index (χ4n) is 1.64. The minimum absolute atomic E-state index is 0. The zero-order valence-electron chi connectivity index (χ0n) is 14.7. The number of hydrogen-bond acceptors (Lipinski definition) is 4. The van der Waals surface area contributed by atoms with Crippen LogP contribution in [0.1, 0.15) is 40.0 Å². The van der Waals surface area contributed by atoms with Crippen LogP contribution in [0, 0.1) is 5.92 Å². The van der Waals surface area contributed by atoms with Crippen molar-refractivity contribution in [3.05, 3.63) is 0 Å². The molecule has 0 heterocycles. The molecule has 0 aromatic rings. The number of guanidine groups is 1. The van der Waals surface area contributed by atoms with Gasteiger partial charge in [-0.3, -0.25) is 4.99 Å². The summed E-state index contributed by atoms with van der Waals surface area (Å²) < 4.78 is 28.1. The average Bonchev–Trinajstić information content (AvgIpc) is 3.22. The van der Waals surface area contributed by atoms with Crippen LogP contribution in [0.4, 0.5) is 0 Å². The molecule has 0 unspecified atom stereocenters. The summed E-state index contributed by atoms with van der Waals surface area (Å²) >= 11 is 0. The predicted molar refractivity (Wildman–Crippen MR) is 106 cm³/mol. The summed E-state index contributed by atoms with van der Waals surface area (Å²) in [4.78, 5) is 4.38. The predicted octanol–water partition coefficient (Wildman–Crippen LogP) is 1.80. The van der Waals surface area contributed by atoms with E-state index in [1.807, 2.05) is 6.92 Å². The Morgan fingerprint density at radius 1 is 1.30 bits per heavy atom. The Morgan fingerprint density at radius 3 is 2.48 bits per heavy atom. The summed E-state index contributed by atoms with van der Waals surface area (Å²) in [6.45, 7) is 8.74. The fourth-order valence-corrected chi connectivity index (χ4v) is 1.94. The van der Waals surface area contributed by atoms with Crippen LogP contribution in [0.2, 0.25) is 0 Å². The third-order valence-electron chi connectivity index (χ3n) is 3.77. The molecule has 1 saturated carbocycles. The zero-order valence-corrected chi connectivity index (χ0v) is 17.9. The summed E-state index contributed by atoms with van der Waals surface area (Å²) in [5.74, 6) is 1.45. The van der Waals surface area contributed by atoms with Crippen LogP contribution in [0.25, 0.3) is 0 Å². The van der Waals surface area contributed by atoms with Gasteiger partial charge in [-0.05, 0) is 46.0 Å². The SMILES string of the molecule is CCNC(=NCC(C)(C)S(C)(=O)=O)NCCCOCC1CC1.I. The van der Waals surface area contributed by atoms with Crippen molar-refractivity contribution in [1.82, 2.24) is 10.6 Å². The monoisotopic (exact) mass is 461 g/mol. The van der Waals surface area contributed by atoms with Gasteiger partial charge in [-0.1, -0.05) is 0 Å². The number of hydrogen-bond donors (Lipinski definition) is 2. The number of nitrogens with one attached hydrogen (secondary N) is 2. The van der Waals surface area contributed by atoms with Crippen LogP contribution in [0.15, 0.2) is 4.99 Å². The van der Waals surface area contributed by atoms with E-state index in [2.05, 4.69) is 15.6 Å². The first-order valence-electron chi connectivity index (χ1n) is 8.06. The first-order valence-corrected chi connectivity index (χ1v) is 9.95. The molecule has 0 aromatic heterocycles. The molecule has 0 saturated heterocycles. The van der Waals surface area contributed by atoms with Crippen LogP contribution in [0.3, 0.4) is 0 Å². The van der Waals surface area contributed by atoms with Gasteiger partial charge in [0.15, 0.2) is 15.8 Å². The third-order valence-corrected chi connectivity index (χ3v) is 5.91. The number of ether oxygens (including phenoxy) is 1. The van der Waals surface area contributed by atoms with Gasteiger partial charge in [0.05, 0.1) is 11.3 Å². The second kappa shape index (κ2) is 10.7. The van der Waals surface area contributed by atoms with E-state index in [0.717, 1.165) is 38.6 Å². The summed E-state index contributed by atoms with van der Waals surface area (Å²) in [6.07, 6.45) is 4.78. The number of rotatable bonds is 10. The molecule has 1 fully saturated rings. The molecule has 23 heavy (non-hydrogen) atoms. The summed E-state index contributed by atoms with van der Waals surface area (Å²) in [6, 6.07) is 0. The van der Waals surface area contributed by atoms with Crippen LogP contribution >= 0.6 is 24.0 Å². The Balaban J connectivity index is 0.00000484. The molecule has 1 aliphatic rings. The van der Waals surface area contributed by atoms with Gasteiger partial charge < -0.3 is 15.4 Å². The summed E-state index contributed by atoms with van der Waals surface area (Å²) in [7, 11) is -3.13. The van der Waals surface area contributed by atoms with Gasteiger partial charge in [-0.25, -0.2) is 8.42 Å². The molecule has 0 spiro atoms. The Morgan fingerprint density at radius 2 is 1.96 bits per heavy atom. The normalized spacial score (nSPS) is 15.9. The van der Waals surface area contributed by atoms with Gasteiger partial charge in [-0.15, -0.1) is 24.0 Å². The van der Waals surface area contributed by atoms with E-state index < -0.39 is 14.6 Å². The molecule has 138 valence electrons. The number of aliphatic imine (C=N–C) groups is 1. The highest BCUT2D eigenvalue weighted by molar-refractivity contribution is 14.0. The number of halogens is 1. The maximum Gasteiger partial charge on any atom is 0.191 e. The molecule has 0 aliphatic heterocycles. The van der Waals surface area contributed by atoms with Crippen molar-refractivity contribution in [2.45, 2.75) is 44.8 Å². The third kappa shape index (κ3) is 9.71. The van der Waals surface area contributed by atoms with E-state index >= 15 is 0 Å². The Kier molecular flexibility index (Phi) is 10.7. The van der Waals surface area contributed by atoms with Gasteiger partial charge in [0.1, 0.15) is 0 Å². The maximum absolute atomic E-state index is 11.7. The van der Waals surface area contributed by atoms with E-state index in [9.17, 15) is 8.42 Å². The molecular formula is C15H32IN3O3S. The quantitative estimate of drug-likeness (QED) is 0.225. The van der Waals surface area contributed by atoms with Crippen molar-refractivity contribution in [1.29, 1.82) is 0 Å². The molecule has 2 N–H and O–H groups in total. The molecule has 0 bridgehead atoms. The van der Waals surface area contributed by atoms with Crippen molar-refractivity contribution in [3.8, 4) is 0 Å². The second-order valence-electron chi connectivity index (χ2n) is 6.53. The van der Waals surface area contributed by atoms with Crippen molar-refractivity contribution in [2.75, 3.05) is 39.1 Å². The molecule has 0 radical (unpaired) electrons. The van der Waals surface area contributed by atoms with Crippen molar-refractivity contribution in [2.24, 2.45) is 10.9 Å². The van der Waals surface area contributed by atoms with E-state index in [1.165, 1.54) is 19.1 Å². The van der Waals surface area contributed by atoms with Crippen LogP contribution in [-0.2, 0) is 14.6 Å². The lowest BCUT2D eigenvalue weighted by atomic mass is 10.2. The van der Waals surface area contributed by atoms with E-state index in [4.69, 9.17) is 4.74 Å². The lowest BCUT2D eigenvalue weighted by molar-refractivity contribution is 0.123. The lowest BCUT2D eigenvalue weighted by Crippen LogP contribution is -2.41. The molecule has 0 amide bonds. The highest BCUT2D eigenvalue weighted by atomic mass is 127. The summed E-state index contributed by atoms with van der Waals surface area (Å²) in [5.41, 5.74) is 0.